The number of aromatic hydroxyl groups is 1. The number of aromatic nitrogens is 1. The van der Waals surface area contributed by atoms with Crippen LogP contribution in [0.4, 0.5) is 0 Å². The highest BCUT2D eigenvalue weighted by Crippen LogP contribution is 2.30. The second-order valence-electron chi connectivity index (χ2n) is 2.85. The molecule has 3 nitrogen and oxygen atoms in total. The first kappa shape index (κ1) is 8.59. The molecular weight excluding hydrogens is 232 g/mol. The van der Waals surface area contributed by atoms with Gasteiger partial charge in [-0.2, -0.15) is 0 Å². The summed E-state index contributed by atoms with van der Waals surface area (Å²) in [6.07, 6.45) is 0. The van der Waals surface area contributed by atoms with E-state index in [1.807, 2.05) is 6.07 Å². The van der Waals surface area contributed by atoms with Crippen LogP contribution < -0.4 is 5.73 Å². The number of benzene rings is 1. The minimum atomic E-state index is 0.272. The predicted molar refractivity (Wildman–Crippen MR) is 55.6 cm³/mol. The highest BCUT2D eigenvalue weighted by molar-refractivity contribution is 9.10. The molecule has 0 aliphatic carbocycles. The van der Waals surface area contributed by atoms with Gasteiger partial charge in [0.25, 0.3) is 0 Å². The molecule has 0 saturated carbocycles. The third-order valence-corrected chi connectivity index (χ3v) is 2.66. The Labute approximate surface area is 83.7 Å². The average molecular weight is 241 g/mol. The Morgan fingerprint density at radius 2 is 2.23 bits per heavy atom. The van der Waals surface area contributed by atoms with Crippen LogP contribution in [0.3, 0.4) is 0 Å². The van der Waals surface area contributed by atoms with Crippen molar-refractivity contribution in [3.63, 3.8) is 0 Å². The maximum absolute atomic E-state index is 9.52. The molecule has 2 rings (SSSR count). The van der Waals surface area contributed by atoms with Crippen molar-refractivity contribution in [2.24, 2.45) is 5.73 Å². The molecule has 0 unspecified atom stereocenters. The normalized spacial score (nSPS) is 10.9. The first-order valence-electron chi connectivity index (χ1n) is 3.91. The number of hydrogen-bond acceptors (Lipinski definition) is 2. The number of fused-ring (bicyclic) bond motifs is 1. The summed E-state index contributed by atoms with van der Waals surface area (Å²) >= 11 is 3.39. The van der Waals surface area contributed by atoms with E-state index < -0.39 is 0 Å². The summed E-state index contributed by atoms with van der Waals surface area (Å²) in [7, 11) is 0. The lowest BCUT2D eigenvalue weighted by Crippen LogP contribution is -1.95. The molecule has 68 valence electrons. The fourth-order valence-electron chi connectivity index (χ4n) is 1.34. The van der Waals surface area contributed by atoms with Crippen LogP contribution in [0.25, 0.3) is 10.9 Å². The van der Waals surface area contributed by atoms with Crippen molar-refractivity contribution in [1.82, 2.24) is 4.98 Å². The van der Waals surface area contributed by atoms with Crippen LogP contribution in [0, 0.1) is 0 Å². The third kappa shape index (κ3) is 1.32. The molecule has 0 bridgehead atoms. The largest absolute Gasteiger partial charge is 0.507 e. The molecule has 0 amide bonds. The molecule has 0 fully saturated rings. The topological polar surface area (TPSA) is 62.0 Å². The Hall–Kier alpha value is -1.00. The fourth-order valence-corrected chi connectivity index (χ4v) is 1.78. The zero-order chi connectivity index (χ0) is 9.42. The van der Waals surface area contributed by atoms with Crippen molar-refractivity contribution >= 4 is 26.8 Å². The summed E-state index contributed by atoms with van der Waals surface area (Å²) in [4.78, 5) is 3.12. The minimum absolute atomic E-state index is 0.272. The van der Waals surface area contributed by atoms with Crippen LogP contribution in [0.1, 0.15) is 5.69 Å². The van der Waals surface area contributed by atoms with E-state index in [1.54, 1.807) is 12.1 Å². The lowest BCUT2D eigenvalue weighted by atomic mass is 10.2. The molecule has 1 heterocycles. The number of halogens is 1. The molecule has 0 radical (unpaired) electrons. The van der Waals surface area contributed by atoms with E-state index in [1.165, 1.54) is 0 Å². The van der Waals surface area contributed by atoms with Gasteiger partial charge >= 0.3 is 0 Å². The lowest BCUT2D eigenvalue weighted by molar-refractivity contribution is 0.481. The van der Waals surface area contributed by atoms with Gasteiger partial charge in [0.2, 0.25) is 0 Å². The third-order valence-electron chi connectivity index (χ3n) is 2.00. The first-order valence-corrected chi connectivity index (χ1v) is 4.71. The number of rotatable bonds is 1. The van der Waals surface area contributed by atoms with Crippen LogP contribution >= 0.6 is 15.9 Å². The van der Waals surface area contributed by atoms with Gasteiger partial charge in [-0.3, -0.25) is 0 Å². The number of H-pyrrole nitrogens is 1. The number of hydrogen-bond donors (Lipinski definition) is 3. The monoisotopic (exact) mass is 240 g/mol. The Balaban J connectivity index is 2.80. The Bertz CT molecular complexity index is 411. The van der Waals surface area contributed by atoms with E-state index in [9.17, 15) is 5.11 Å². The van der Waals surface area contributed by atoms with Crippen molar-refractivity contribution in [2.45, 2.75) is 6.54 Å². The van der Waals surface area contributed by atoms with Gasteiger partial charge in [0.15, 0.2) is 0 Å². The minimum Gasteiger partial charge on any atom is -0.507 e. The SMILES string of the molecule is NCc1cc2c(O)ccc(Br)c2[nH]1. The van der Waals surface area contributed by atoms with Gasteiger partial charge in [0.05, 0.1) is 5.52 Å². The molecule has 0 spiro atoms. The smallest absolute Gasteiger partial charge is 0.125 e. The number of aromatic amines is 1. The number of phenols is 1. The highest BCUT2D eigenvalue weighted by atomic mass is 79.9. The summed E-state index contributed by atoms with van der Waals surface area (Å²) in [6.45, 7) is 0.445. The Morgan fingerprint density at radius 3 is 2.85 bits per heavy atom. The van der Waals surface area contributed by atoms with Gasteiger partial charge in [-0.1, -0.05) is 0 Å². The second-order valence-corrected chi connectivity index (χ2v) is 3.71. The summed E-state index contributed by atoms with van der Waals surface area (Å²) in [5, 5.41) is 10.3. The fraction of sp³-hybridized carbons (Fsp3) is 0.111. The molecule has 13 heavy (non-hydrogen) atoms. The molecule has 0 saturated heterocycles. The van der Waals surface area contributed by atoms with E-state index in [0.717, 1.165) is 21.1 Å². The van der Waals surface area contributed by atoms with Gasteiger partial charge in [0.1, 0.15) is 5.75 Å². The van der Waals surface area contributed by atoms with Crippen molar-refractivity contribution in [2.75, 3.05) is 0 Å². The molecule has 4 heteroatoms. The van der Waals surface area contributed by atoms with Crippen LogP contribution in [0.5, 0.6) is 5.75 Å². The van der Waals surface area contributed by atoms with E-state index in [-0.39, 0.29) is 5.75 Å². The molecular formula is C9H9BrN2O. The van der Waals surface area contributed by atoms with Gasteiger partial charge in [-0.15, -0.1) is 0 Å². The van der Waals surface area contributed by atoms with E-state index in [0.29, 0.717) is 6.54 Å². The van der Waals surface area contributed by atoms with Gasteiger partial charge in [0, 0.05) is 22.1 Å². The van der Waals surface area contributed by atoms with Gasteiger partial charge in [-0.25, -0.2) is 0 Å². The number of nitrogens with one attached hydrogen (secondary N) is 1. The number of phenolic OH excluding ortho intramolecular Hbond substituents is 1. The summed E-state index contributed by atoms with van der Waals surface area (Å²) in [5.41, 5.74) is 7.29. The zero-order valence-corrected chi connectivity index (χ0v) is 8.43. The van der Waals surface area contributed by atoms with E-state index >= 15 is 0 Å². The molecule has 0 aliphatic rings. The maximum Gasteiger partial charge on any atom is 0.125 e. The average Bonchev–Trinajstić information content (AvgIpc) is 2.56. The standard InChI is InChI=1S/C9H9BrN2O/c10-7-1-2-8(13)6-3-5(4-11)12-9(6)7/h1-3,12-13H,4,11H2. The maximum atomic E-state index is 9.52. The molecule has 1 aromatic carbocycles. The summed E-state index contributed by atoms with van der Waals surface area (Å²) in [5.74, 6) is 0.272. The molecule has 2 aromatic rings. The molecule has 4 N–H and O–H groups in total. The van der Waals surface area contributed by atoms with Crippen molar-refractivity contribution in [3.8, 4) is 5.75 Å². The van der Waals surface area contributed by atoms with Gasteiger partial charge in [-0.05, 0) is 34.1 Å². The van der Waals surface area contributed by atoms with E-state index in [2.05, 4.69) is 20.9 Å². The lowest BCUT2D eigenvalue weighted by Gasteiger charge is -1.95. The highest BCUT2D eigenvalue weighted by Gasteiger charge is 2.06. The second kappa shape index (κ2) is 3.05. The van der Waals surface area contributed by atoms with E-state index in [4.69, 9.17) is 5.73 Å². The Morgan fingerprint density at radius 1 is 1.46 bits per heavy atom. The van der Waals surface area contributed by atoms with Gasteiger partial charge < -0.3 is 15.8 Å². The van der Waals surface area contributed by atoms with Crippen LogP contribution in [-0.2, 0) is 6.54 Å². The molecule has 0 aliphatic heterocycles. The molecule has 0 atom stereocenters. The molecule has 1 aromatic heterocycles. The zero-order valence-electron chi connectivity index (χ0n) is 6.84. The predicted octanol–water partition coefficient (Wildman–Crippen LogP) is 2.09. The van der Waals surface area contributed by atoms with Crippen LogP contribution in [-0.4, -0.2) is 10.1 Å². The van der Waals surface area contributed by atoms with Crippen molar-refractivity contribution in [3.05, 3.63) is 28.4 Å². The van der Waals surface area contributed by atoms with Crippen LogP contribution in [0.2, 0.25) is 0 Å². The quantitative estimate of drug-likeness (QED) is 0.715. The summed E-state index contributed by atoms with van der Waals surface area (Å²) in [6, 6.07) is 5.31. The number of nitrogens with two attached hydrogens (primary N) is 1. The first-order chi connectivity index (χ1) is 6.22. The van der Waals surface area contributed by atoms with Crippen molar-refractivity contribution in [1.29, 1.82) is 0 Å². The Kier molecular flexibility index (Phi) is 2.01. The van der Waals surface area contributed by atoms with Crippen LogP contribution in [0.15, 0.2) is 22.7 Å². The summed E-state index contributed by atoms with van der Waals surface area (Å²) < 4.78 is 0.931. The van der Waals surface area contributed by atoms with Crippen molar-refractivity contribution < 1.29 is 5.11 Å².